The maximum absolute atomic E-state index is 12.1. The first-order chi connectivity index (χ1) is 11.5. The molecular formula is C18H25NO5. The number of Topliss-reactive ketones (excluding diaryl/α,β-unsaturated/α-hetero) is 1. The Balaban J connectivity index is 2.62. The van der Waals surface area contributed by atoms with E-state index < -0.39 is 6.04 Å². The second kappa shape index (κ2) is 10.4. The van der Waals surface area contributed by atoms with Gasteiger partial charge in [0.15, 0.2) is 5.78 Å². The van der Waals surface area contributed by atoms with Crippen molar-refractivity contribution in [3.63, 3.8) is 0 Å². The van der Waals surface area contributed by atoms with Crippen molar-refractivity contribution in [2.24, 2.45) is 0 Å². The van der Waals surface area contributed by atoms with E-state index in [4.69, 9.17) is 9.47 Å². The lowest BCUT2D eigenvalue weighted by atomic mass is 10.1. The zero-order valence-corrected chi connectivity index (χ0v) is 14.5. The molecule has 0 saturated carbocycles. The summed E-state index contributed by atoms with van der Waals surface area (Å²) in [7, 11) is 0. The van der Waals surface area contributed by atoms with Gasteiger partial charge in [0.2, 0.25) is 5.91 Å². The van der Waals surface area contributed by atoms with Gasteiger partial charge in [-0.05, 0) is 31.4 Å². The van der Waals surface area contributed by atoms with E-state index in [0.29, 0.717) is 25.2 Å². The molecule has 1 atom stereocenters. The highest BCUT2D eigenvalue weighted by atomic mass is 16.5. The summed E-state index contributed by atoms with van der Waals surface area (Å²) < 4.78 is 10.5. The van der Waals surface area contributed by atoms with Gasteiger partial charge >= 0.3 is 5.97 Å². The minimum atomic E-state index is -0.547. The molecule has 1 amide bonds. The summed E-state index contributed by atoms with van der Waals surface area (Å²) in [5.74, 6) is -0.133. The molecule has 132 valence electrons. The molecule has 6 nitrogen and oxygen atoms in total. The average Bonchev–Trinajstić information content (AvgIpc) is 2.56. The molecule has 0 heterocycles. The number of nitrogens with one attached hydrogen (secondary N) is 1. The number of hydrogen-bond donors (Lipinski definition) is 1. The zero-order chi connectivity index (χ0) is 17.9. The molecule has 0 aliphatic carbocycles. The highest BCUT2D eigenvalue weighted by Gasteiger charge is 2.18. The molecule has 6 heteroatoms. The van der Waals surface area contributed by atoms with Crippen molar-refractivity contribution >= 4 is 17.7 Å². The number of ether oxygens (including phenoxy) is 2. The summed E-state index contributed by atoms with van der Waals surface area (Å²) in [6, 6.07) is 6.71. The van der Waals surface area contributed by atoms with Crippen LogP contribution in [0.4, 0.5) is 0 Å². The third-order valence-electron chi connectivity index (χ3n) is 3.42. The standard InChI is InChI=1S/C18H25NO5/c1-4-15(19-13(3)20)16(21)12-24-17-9-7-6-8-14(17)10-11-18(22)23-5-2/h6-9,15H,4-5,10-12H2,1-3H3,(H,19,20). The number of carbonyl (C=O) groups excluding carboxylic acids is 3. The molecule has 0 fully saturated rings. The Labute approximate surface area is 142 Å². The van der Waals surface area contributed by atoms with Crippen molar-refractivity contribution in [2.75, 3.05) is 13.2 Å². The Bertz CT molecular complexity index is 570. The fourth-order valence-corrected chi connectivity index (χ4v) is 2.23. The van der Waals surface area contributed by atoms with Crippen LogP contribution in [-0.2, 0) is 25.5 Å². The zero-order valence-electron chi connectivity index (χ0n) is 14.5. The van der Waals surface area contributed by atoms with Crippen molar-refractivity contribution in [3.8, 4) is 5.75 Å². The molecule has 1 rings (SSSR count). The first kappa shape index (κ1) is 19.7. The van der Waals surface area contributed by atoms with Crippen LogP contribution in [0.2, 0.25) is 0 Å². The summed E-state index contributed by atoms with van der Waals surface area (Å²) in [5, 5.41) is 2.60. The first-order valence-electron chi connectivity index (χ1n) is 8.14. The van der Waals surface area contributed by atoms with Gasteiger partial charge in [-0.25, -0.2) is 0 Å². The van der Waals surface area contributed by atoms with Crippen LogP contribution < -0.4 is 10.1 Å². The number of rotatable bonds is 10. The van der Waals surface area contributed by atoms with Crippen LogP contribution in [0.25, 0.3) is 0 Å². The molecule has 1 aromatic carbocycles. The van der Waals surface area contributed by atoms with Crippen LogP contribution in [0, 0.1) is 0 Å². The molecule has 1 N–H and O–H groups in total. The molecular weight excluding hydrogens is 310 g/mol. The Hall–Kier alpha value is -2.37. The smallest absolute Gasteiger partial charge is 0.306 e. The summed E-state index contributed by atoms with van der Waals surface area (Å²) >= 11 is 0. The quantitative estimate of drug-likeness (QED) is 0.662. The molecule has 0 radical (unpaired) electrons. The molecule has 1 aromatic rings. The number of amides is 1. The summed E-state index contributed by atoms with van der Waals surface area (Å²) in [6.45, 7) is 5.19. The molecule has 0 spiro atoms. The van der Waals surface area contributed by atoms with Gasteiger partial charge < -0.3 is 14.8 Å². The molecule has 1 unspecified atom stereocenters. The van der Waals surface area contributed by atoms with Gasteiger partial charge in [-0.1, -0.05) is 25.1 Å². The average molecular weight is 335 g/mol. The van der Waals surface area contributed by atoms with Gasteiger partial charge in [0, 0.05) is 13.3 Å². The molecule has 0 aromatic heterocycles. The Kier molecular flexibility index (Phi) is 8.54. The van der Waals surface area contributed by atoms with Crippen molar-refractivity contribution in [1.29, 1.82) is 0 Å². The van der Waals surface area contributed by atoms with E-state index in [1.165, 1.54) is 6.92 Å². The topological polar surface area (TPSA) is 81.7 Å². The van der Waals surface area contributed by atoms with Crippen molar-refractivity contribution in [2.45, 2.75) is 46.1 Å². The predicted octanol–water partition coefficient (Wildman–Crippen LogP) is 2.04. The fraction of sp³-hybridized carbons (Fsp3) is 0.500. The number of aryl methyl sites for hydroxylation is 1. The van der Waals surface area contributed by atoms with Gasteiger partial charge in [0.25, 0.3) is 0 Å². The predicted molar refractivity (Wildman–Crippen MR) is 89.8 cm³/mol. The van der Waals surface area contributed by atoms with E-state index >= 15 is 0 Å². The SMILES string of the molecule is CCOC(=O)CCc1ccccc1OCC(=O)C(CC)NC(C)=O. The van der Waals surface area contributed by atoms with Crippen LogP contribution in [-0.4, -0.2) is 36.9 Å². The number of benzene rings is 1. The lowest BCUT2D eigenvalue weighted by Gasteiger charge is -2.16. The van der Waals surface area contributed by atoms with Crippen LogP contribution in [0.5, 0.6) is 5.75 Å². The van der Waals surface area contributed by atoms with Crippen LogP contribution >= 0.6 is 0 Å². The molecule has 0 saturated heterocycles. The Morgan fingerprint density at radius 3 is 2.50 bits per heavy atom. The minimum Gasteiger partial charge on any atom is -0.485 e. The van der Waals surface area contributed by atoms with E-state index in [1.54, 1.807) is 19.1 Å². The Morgan fingerprint density at radius 1 is 1.17 bits per heavy atom. The number of esters is 1. The highest BCUT2D eigenvalue weighted by Crippen LogP contribution is 2.20. The number of para-hydroxylation sites is 1. The monoisotopic (exact) mass is 335 g/mol. The lowest BCUT2D eigenvalue weighted by Crippen LogP contribution is -2.41. The third kappa shape index (κ3) is 6.81. The third-order valence-corrected chi connectivity index (χ3v) is 3.42. The van der Waals surface area contributed by atoms with Gasteiger partial charge in [0.05, 0.1) is 12.6 Å². The number of hydrogen-bond acceptors (Lipinski definition) is 5. The normalized spacial score (nSPS) is 11.5. The maximum atomic E-state index is 12.1. The largest absolute Gasteiger partial charge is 0.485 e. The molecule has 0 aliphatic heterocycles. The van der Waals surface area contributed by atoms with E-state index in [0.717, 1.165) is 5.56 Å². The first-order valence-corrected chi connectivity index (χ1v) is 8.14. The second-order valence-electron chi connectivity index (χ2n) is 5.33. The van der Waals surface area contributed by atoms with E-state index in [-0.39, 0.29) is 30.7 Å². The van der Waals surface area contributed by atoms with Gasteiger partial charge in [-0.2, -0.15) is 0 Å². The van der Waals surface area contributed by atoms with E-state index in [9.17, 15) is 14.4 Å². The van der Waals surface area contributed by atoms with Crippen molar-refractivity contribution < 1.29 is 23.9 Å². The van der Waals surface area contributed by atoms with Crippen LogP contribution in [0.3, 0.4) is 0 Å². The van der Waals surface area contributed by atoms with Gasteiger partial charge in [-0.3, -0.25) is 14.4 Å². The maximum Gasteiger partial charge on any atom is 0.306 e. The van der Waals surface area contributed by atoms with Crippen LogP contribution in [0.1, 0.15) is 39.2 Å². The lowest BCUT2D eigenvalue weighted by molar-refractivity contribution is -0.143. The van der Waals surface area contributed by atoms with Gasteiger partial charge in [0.1, 0.15) is 12.4 Å². The van der Waals surface area contributed by atoms with Crippen molar-refractivity contribution in [3.05, 3.63) is 29.8 Å². The minimum absolute atomic E-state index is 0.130. The summed E-state index contributed by atoms with van der Waals surface area (Å²) in [4.78, 5) is 34.7. The number of carbonyl (C=O) groups is 3. The summed E-state index contributed by atoms with van der Waals surface area (Å²) in [6.07, 6.45) is 1.24. The molecule has 24 heavy (non-hydrogen) atoms. The molecule has 0 aliphatic rings. The highest BCUT2D eigenvalue weighted by molar-refractivity contribution is 5.89. The van der Waals surface area contributed by atoms with E-state index in [1.807, 2.05) is 19.1 Å². The molecule has 0 bridgehead atoms. The summed E-state index contributed by atoms with van der Waals surface area (Å²) in [5.41, 5.74) is 0.839. The fourth-order valence-electron chi connectivity index (χ4n) is 2.23. The van der Waals surface area contributed by atoms with Crippen LogP contribution in [0.15, 0.2) is 24.3 Å². The van der Waals surface area contributed by atoms with Crippen molar-refractivity contribution in [1.82, 2.24) is 5.32 Å². The Morgan fingerprint density at radius 2 is 1.88 bits per heavy atom. The number of ketones is 1. The second-order valence-corrected chi connectivity index (χ2v) is 5.33. The van der Waals surface area contributed by atoms with Gasteiger partial charge in [-0.15, -0.1) is 0 Å². The van der Waals surface area contributed by atoms with E-state index in [2.05, 4.69) is 5.32 Å².